The summed E-state index contributed by atoms with van der Waals surface area (Å²) in [6.07, 6.45) is 2.73. The van der Waals surface area contributed by atoms with Gasteiger partial charge in [-0.05, 0) is 37.6 Å². The molecule has 0 saturated heterocycles. The molecule has 9 heteroatoms. The van der Waals surface area contributed by atoms with Crippen LogP contribution in [-0.4, -0.2) is 40.7 Å². The fourth-order valence-corrected chi connectivity index (χ4v) is 3.89. The van der Waals surface area contributed by atoms with Gasteiger partial charge in [-0.3, -0.25) is 14.5 Å². The van der Waals surface area contributed by atoms with E-state index in [0.717, 1.165) is 5.56 Å². The number of ether oxygens (including phenoxy) is 1. The first-order valence-corrected chi connectivity index (χ1v) is 11.0. The quantitative estimate of drug-likeness (QED) is 0.430. The minimum absolute atomic E-state index is 0.141. The number of aryl methyl sites for hydroxylation is 2. The van der Waals surface area contributed by atoms with Crippen molar-refractivity contribution in [2.75, 3.05) is 23.4 Å². The van der Waals surface area contributed by atoms with E-state index in [4.69, 9.17) is 16.3 Å². The molecule has 0 unspecified atom stereocenters. The van der Waals surface area contributed by atoms with Gasteiger partial charge in [0.05, 0.1) is 23.6 Å². The zero-order chi connectivity index (χ0) is 24.2. The molecule has 0 saturated carbocycles. The summed E-state index contributed by atoms with van der Waals surface area (Å²) in [6.45, 7) is 3.68. The third-order valence-electron chi connectivity index (χ3n) is 5.36. The fourth-order valence-electron chi connectivity index (χ4n) is 3.59. The number of hydrogen-bond acceptors (Lipinski definition) is 5. The second-order valence-corrected chi connectivity index (χ2v) is 8.28. The first-order valence-electron chi connectivity index (χ1n) is 10.6. The lowest BCUT2D eigenvalue weighted by Gasteiger charge is -2.28. The van der Waals surface area contributed by atoms with Crippen molar-refractivity contribution in [3.63, 3.8) is 0 Å². The molecule has 0 atom stereocenters. The number of aromatic nitrogens is 2. The Morgan fingerprint density at radius 3 is 2.65 bits per heavy atom. The van der Waals surface area contributed by atoms with Crippen LogP contribution in [0.5, 0.6) is 0 Å². The minimum atomic E-state index is -0.704. The molecule has 174 valence electrons. The van der Waals surface area contributed by atoms with Gasteiger partial charge >= 0.3 is 5.97 Å². The number of halogens is 1. The average Bonchev–Trinajstić information content (AvgIpc) is 3.08. The average molecular weight is 479 g/mol. The van der Waals surface area contributed by atoms with Crippen molar-refractivity contribution < 1.29 is 19.1 Å². The van der Waals surface area contributed by atoms with Crippen molar-refractivity contribution in [1.29, 1.82) is 0 Å². The first kappa shape index (κ1) is 23.3. The number of para-hydroxylation sites is 2. The molecule has 2 amide bonds. The van der Waals surface area contributed by atoms with Crippen molar-refractivity contribution in [2.45, 2.75) is 20.4 Å². The summed E-state index contributed by atoms with van der Waals surface area (Å²) in [5, 5.41) is 7.56. The summed E-state index contributed by atoms with van der Waals surface area (Å²) in [4.78, 5) is 38.0. The first-order chi connectivity index (χ1) is 16.3. The number of amides is 2. The lowest BCUT2D eigenvalue weighted by molar-refractivity contribution is -0.143. The summed E-state index contributed by atoms with van der Waals surface area (Å²) >= 11 is 6.48. The largest absolute Gasteiger partial charge is 0.452 e. The summed E-state index contributed by atoms with van der Waals surface area (Å²) in [5.74, 6) is -1.51. The number of nitrogens with one attached hydrogen (secondary N) is 1. The van der Waals surface area contributed by atoms with E-state index in [9.17, 15) is 14.4 Å². The molecule has 1 aliphatic heterocycles. The molecule has 2 aromatic carbocycles. The number of anilines is 2. The van der Waals surface area contributed by atoms with Crippen molar-refractivity contribution in [3.05, 3.63) is 82.1 Å². The van der Waals surface area contributed by atoms with Crippen LogP contribution in [0.15, 0.2) is 54.6 Å². The number of rotatable bonds is 6. The number of nitrogens with zero attached hydrogens (tertiary/aromatic N) is 3. The SMILES string of the molecule is Cc1ccc(Cn2nc(C)c(C=CC(=O)OCC(=O)N3CC(=O)Nc4ccccc43)c2Cl)cc1. The molecule has 0 radical (unpaired) electrons. The standard InChI is InChI=1S/C25H23ClN4O4/c1-16-7-9-18(10-8-16)13-30-25(26)19(17(2)28-30)11-12-24(33)34-15-23(32)29-14-22(31)27-20-5-3-4-6-21(20)29/h3-12H,13-15H2,1-2H3,(H,27,31). The Morgan fingerprint density at radius 1 is 1.15 bits per heavy atom. The van der Waals surface area contributed by atoms with Crippen LogP contribution in [0.3, 0.4) is 0 Å². The number of fused-ring (bicyclic) bond motifs is 1. The summed E-state index contributed by atoms with van der Waals surface area (Å²) < 4.78 is 6.77. The number of benzene rings is 2. The molecule has 0 aliphatic carbocycles. The zero-order valence-corrected chi connectivity index (χ0v) is 19.5. The van der Waals surface area contributed by atoms with Crippen LogP contribution < -0.4 is 10.2 Å². The number of esters is 1. The predicted octanol–water partition coefficient (Wildman–Crippen LogP) is 3.74. The molecule has 1 aromatic heterocycles. The van der Waals surface area contributed by atoms with Crippen LogP contribution >= 0.6 is 11.6 Å². The zero-order valence-electron chi connectivity index (χ0n) is 18.7. The van der Waals surface area contributed by atoms with E-state index in [1.807, 2.05) is 31.2 Å². The van der Waals surface area contributed by atoms with E-state index in [2.05, 4.69) is 10.4 Å². The lowest BCUT2D eigenvalue weighted by Crippen LogP contribution is -2.43. The number of carbonyl (C=O) groups is 3. The van der Waals surface area contributed by atoms with Crippen LogP contribution in [-0.2, 0) is 25.7 Å². The summed E-state index contributed by atoms with van der Waals surface area (Å²) in [6, 6.07) is 15.0. The lowest BCUT2D eigenvalue weighted by atomic mass is 10.1. The monoisotopic (exact) mass is 478 g/mol. The van der Waals surface area contributed by atoms with Gasteiger partial charge in [0.25, 0.3) is 5.91 Å². The van der Waals surface area contributed by atoms with Crippen LogP contribution in [0.2, 0.25) is 5.15 Å². The summed E-state index contributed by atoms with van der Waals surface area (Å²) in [7, 11) is 0. The van der Waals surface area contributed by atoms with Crippen LogP contribution in [0.1, 0.15) is 22.4 Å². The van der Waals surface area contributed by atoms with Crippen LogP contribution in [0.25, 0.3) is 6.08 Å². The Morgan fingerprint density at radius 2 is 1.88 bits per heavy atom. The Kier molecular flexibility index (Phi) is 6.79. The molecule has 0 spiro atoms. The van der Waals surface area contributed by atoms with Crippen molar-refractivity contribution >= 4 is 46.8 Å². The van der Waals surface area contributed by atoms with Crippen molar-refractivity contribution in [1.82, 2.24) is 9.78 Å². The molecular weight excluding hydrogens is 456 g/mol. The van der Waals surface area contributed by atoms with Gasteiger partial charge in [0.2, 0.25) is 5.91 Å². The predicted molar refractivity (Wildman–Crippen MR) is 130 cm³/mol. The molecular formula is C25H23ClN4O4. The van der Waals surface area contributed by atoms with Gasteiger partial charge in [0, 0.05) is 11.6 Å². The second-order valence-electron chi connectivity index (χ2n) is 7.92. The Balaban J connectivity index is 1.38. The normalized spacial score (nSPS) is 13.0. The van der Waals surface area contributed by atoms with E-state index >= 15 is 0 Å². The van der Waals surface area contributed by atoms with Gasteiger partial charge in [-0.15, -0.1) is 0 Å². The van der Waals surface area contributed by atoms with Crippen molar-refractivity contribution in [3.8, 4) is 0 Å². The maximum atomic E-state index is 12.6. The van der Waals surface area contributed by atoms with Crippen molar-refractivity contribution in [2.24, 2.45) is 0 Å². The van der Waals surface area contributed by atoms with E-state index in [-0.39, 0.29) is 12.5 Å². The van der Waals surface area contributed by atoms with Crippen LogP contribution in [0.4, 0.5) is 11.4 Å². The highest BCUT2D eigenvalue weighted by Crippen LogP contribution is 2.29. The second kappa shape index (κ2) is 9.93. The summed E-state index contributed by atoms with van der Waals surface area (Å²) in [5.41, 5.74) is 4.57. The molecule has 8 nitrogen and oxygen atoms in total. The molecule has 34 heavy (non-hydrogen) atoms. The molecule has 1 N–H and O–H groups in total. The van der Waals surface area contributed by atoms with E-state index in [1.165, 1.54) is 22.6 Å². The van der Waals surface area contributed by atoms with Gasteiger partial charge in [0.1, 0.15) is 11.7 Å². The highest BCUT2D eigenvalue weighted by atomic mass is 35.5. The fraction of sp³-hybridized carbons (Fsp3) is 0.200. The topological polar surface area (TPSA) is 93.5 Å². The third kappa shape index (κ3) is 5.18. The molecule has 0 fully saturated rings. The van der Waals surface area contributed by atoms with Gasteiger partial charge in [-0.25, -0.2) is 9.48 Å². The Bertz CT molecular complexity index is 1280. The number of hydrogen-bond donors (Lipinski definition) is 1. The Hall–Kier alpha value is -3.91. The third-order valence-corrected chi connectivity index (χ3v) is 5.76. The highest BCUT2D eigenvalue weighted by Gasteiger charge is 2.27. The van der Waals surface area contributed by atoms with E-state index in [1.54, 1.807) is 35.9 Å². The van der Waals surface area contributed by atoms with Gasteiger partial charge < -0.3 is 10.1 Å². The highest BCUT2D eigenvalue weighted by molar-refractivity contribution is 6.31. The minimum Gasteiger partial charge on any atom is -0.452 e. The maximum absolute atomic E-state index is 12.6. The molecule has 2 heterocycles. The smallest absolute Gasteiger partial charge is 0.331 e. The van der Waals surface area contributed by atoms with E-state index in [0.29, 0.717) is 34.3 Å². The van der Waals surface area contributed by atoms with Gasteiger partial charge in [-0.2, -0.15) is 5.10 Å². The Labute approximate surface area is 201 Å². The van der Waals surface area contributed by atoms with Gasteiger partial charge in [0.15, 0.2) is 6.61 Å². The number of carbonyl (C=O) groups excluding carboxylic acids is 3. The maximum Gasteiger partial charge on any atom is 0.331 e. The molecule has 0 bridgehead atoms. The van der Waals surface area contributed by atoms with E-state index < -0.39 is 18.5 Å². The molecule has 4 rings (SSSR count). The van der Waals surface area contributed by atoms with Gasteiger partial charge in [-0.1, -0.05) is 53.6 Å². The molecule has 1 aliphatic rings. The molecule has 3 aromatic rings. The van der Waals surface area contributed by atoms with Crippen LogP contribution in [0, 0.1) is 13.8 Å².